The van der Waals surface area contributed by atoms with Crippen molar-refractivity contribution in [3.05, 3.63) is 0 Å². The van der Waals surface area contributed by atoms with Gasteiger partial charge < -0.3 is 10.6 Å². The lowest BCUT2D eigenvalue weighted by molar-refractivity contribution is 0.130. The summed E-state index contributed by atoms with van der Waals surface area (Å²) in [5.41, 5.74) is 6.52. The highest BCUT2D eigenvalue weighted by Gasteiger charge is 2.36. The lowest BCUT2D eigenvalue weighted by atomic mass is 9.66. The van der Waals surface area contributed by atoms with E-state index < -0.39 is 0 Å². The van der Waals surface area contributed by atoms with Gasteiger partial charge in [-0.25, -0.2) is 0 Å². The maximum Gasteiger partial charge on any atom is 0.191 e. The van der Waals surface area contributed by atoms with Crippen molar-refractivity contribution >= 4 is 29.9 Å². The largest absolute Gasteiger partial charge is 0.370 e. The van der Waals surface area contributed by atoms with E-state index in [9.17, 15) is 0 Å². The van der Waals surface area contributed by atoms with Gasteiger partial charge in [0.15, 0.2) is 5.96 Å². The minimum Gasteiger partial charge on any atom is -0.370 e. The molecule has 0 aliphatic heterocycles. The van der Waals surface area contributed by atoms with Crippen LogP contribution in [0.15, 0.2) is 4.99 Å². The number of hydrogen-bond donors (Lipinski definition) is 1. The van der Waals surface area contributed by atoms with Gasteiger partial charge in [-0.2, -0.15) is 0 Å². The molecule has 17 heavy (non-hydrogen) atoms. The maximum absolute atomic E-state index is 6.02. The molecule has 0 aromatic rings. The van der Waals surface area contributed by atoms with Crippen LogP contribution in [-0.2, 0) is 0 Å². The number of rotatable bonds is 5. The summed E-state index contributed by atoms with van der Waals surface area (Å²) in [7, 11) is 2.07. The van der Waals surface area contributed by atoms with E-state index >= 15 is 0 Å². The minimum atomic E-state index is 0. The molecular formula is C13H26IN3. The molecular weight excluding hydrogens is 325 g/mol. The third-order valence-corrected chi connectivity index (χ3v) is 4.23. The van der Waals surface area contributed by atoms with Crippen LogP contribution < -0.4 is 5.73 Å². The molecule has 0 unspecified atom stereocenters. The first-order valence-corrected chi connectivity index (χ1v) is 6.70. The normalized spacial score (nSPS) is 22.6. The van der Waals surface area contributed by atoms with Crippen LogP contribution in [0.25, 0.3) is 0 Å². The van der Waals surface area contributed by atoms with Crippen molar-refractivity contribution in [1.82, 2.24) is 4.90 Å². The zero-order valence-electron chi connectivity index (χ0n) is 11.1. The average Bonchev–Trinajstić information content (AvgIpc) is 3.03. The SMILES string of the molecule is CCCC1(CN=C(N)N(C)C2CC2)CCC1.I. The van der Waals surface area contributed by atoms with Crippen molar-refractivity contribution in [1.29, 1.82) is 0 Å². The van der Waals surface area contributed by atoms with Crippen molar-refractivity contribution in [3.8, 4) is 0 Å². The fourth-order valence-electron chi connectivity index (χ4n) is 2.70. The van der Waals surface area contributed by atoms with Gasteiger partial charge in [-0.3, -0.25) is 4.99 Å². The van der Waals surface area contributed by atoms with E-state index in [0.717, 1.165) is 12.5 Å². The molecule has 2 fully saturated rings. The van der Waals surface area contributed by atoms with Gasteiger partial charge in [0.25, 0.3) is 0 Å². The van der Waals surface area contributed by atoms with E-state index in [-0.39, 0.29) is 24.0 Å². The molecule has 0 spiro atoms. The molecule has 0 heterocycles. The second-order valence-corrected chi connectivity index (χ2v) is 5.62. The Bertz CT molecular complexity index is 270. The second kappa shape index (κ2) is 6.25. The van der Waals surface area contributed by atoms with E-state index in [1.165, 1.54) is 44.9 Å². The fourth-order valence-corrected chi connectivity index (χ4v) is 2.70. The standard InChI is InChI=1S/C13H25N3.HI/c1-3-7-13(8-4-9-13)10-15-12(14)16(2)11-5-6-11;/h11H,3-10H2,1-2H3,(H2,14,15);1H. The Hall–Kier alpha value is 0. The van der Waals surface area contributed by atoms with Gasteiger partial charge in [0.1, 0.15) is 0 Å². The van der Waals surface area contributed by atoms with Crippen LogP contribution in [-0.4, -0.2) is 30.5 Å². The summed E-state index contributed by atoms with van der Waals surface area (Å²) in [6, 6.07) is 0.673. The molecule has 0 aromatic heterocycles. The Morgan fingerprint density at radius 3 is 2.47 bits per heavy atom. The molecule has 0 amide bonds. The predicted octanol–water partition coefficient (Wildman–Crippen LogP) is 2.98. The molecule has 0 saturated heterocycles. The summed E-state index contributed by atoms with van der Waals surface area (Å²) >= 11 is 0. The first-order valence-electron chi connectivity index (χ1n) is 6.70. The summed E-state index contributed by atoms with van der Waals surface area (Å²) < 4.78 is 0. The van der Waals surface area contributed by atoms with Crippen LogP contribution >= 0.6 is 24.0 Å². The quantitative estimate of drug-likeness (QED) is 0.470. The molecule has 0 aromatic carbocycles. The molecule has 2 aliphatic rings. The molecule has 4 heteroatoms. The molecule has 0 radical (unpaired) electrons. The van der Waals surface area contributed by atoms with Crippen molar-refractivity contribution < 1.29 is 0 Å². The van der Waals surface area contributed by atoms with Crippen molar-refractivity contribution in [2.24, 2.45) is 16.1 Å². The molecule has 3 nitrogen and oxygen atoms in total. The Labute approximate surface area is 122 Å². The van der Waals surface area contributed by atoms with Gasteiger partial charge >= 0.3 is 0 Å². The smallest absolute Gasteiger partial charge is 0.191 e. The third kappa shape index (κ3) is 3.73. The highest BCUT2D eigenvalue weighted by molar-refractivity contribution is 14.0. The Kier molecular flexibility index (Phi) is 5.54. The number of halogens is 1. The Morgan fingerprint density at radius 1 is 1.41 bits per heavy atom. The van der Waals surface area contributed by atoms with Crippen molar-refractivity contribution in [3.63, 3.8) is 0 Å². The number of nitrogens with zero attached hydrogens (tertiary/aromatic N) is 2. The summed E-state index contributed by atoms with van der Waals surface area (Å²) in [4.78, 5) is 6.77. The topological polar surface area (TPSA) is 41.6 Å². The zero-order valence-corrected chi connectivity index (χ0v) is 13.4. The molecule has 0 bridgehead atoms. The maximum atomic E-state index is 6.02. The van der Waals surface area contributed by atoms with Gasteiger partial charge in [0.2, 0.25) is 0 Å². The number of hydrogen-bond acceptors (Lipinski definition) is 1. The van der Waals surface area contributed by atoms with Crippen LogP contribution in [0.4, 0.5) is 0 Å². The van der Waals surface area contributed by atoms with Gasteiger partial charge in [0, 0.05) is 19.6 Å². The molecule has 2 N–H and O–H groups in total. The second-order valence-electron chi connectivity index (χ2n) is 5.62. The summed E-state index contributed by atoms with van der Waals surface area (Å²) in [5, 5.41) is 0. The predicted molar refractivity (Wildman–Crippen MR) is 83.9 cm³/mol. The van der Waals surface area contributed by atoms with E-state index in [4.69, 9.17) is 5.73 Å². The van der Waals surface area contributed by atoms with E-state index in [1.54, 1.807) is 0 Å². The average molecular weight is 351 g/mol. The van der Waals surface area contributed by atoms with E-state index in [0.29, 0.717) is 11.5 Å². The van der Waals surface area contributed by atoms with Crippen LogP contribution in [0.2, 0.25) is 0 Å². The Balaban J connectivity index is 0.00000144. The molecule has 0 atom stereocenters. The zero-order chi connectivity index (χ0) is 11.6. The molecule has 100 valence electrons. The van der Waals surface area contributed by atoms with E-state index in [2.05, 4.69) is 23.9 Å². The summed E-state index contributed by atoms with van der Waals surface area (Å²) in [6.07, 6.45) is 9.24. The first-order chi connectivity index (χ1) is 7.67. The van der Waals surface area contributed by atoms with Crippen molar-refractivity contribution in [2.45, 2.75) is 57.9 Å². The van der Waals surface area contributed by atoms with Gasteiger partial charge in [-0.05, 0) is 37.5 Å². The number of aliphatic imine (C=N–C) groups is 1. The summed E-state index contributed by atoms with van der Waals surface area (Å²) in [6.45, 7) is 3.22. The van der Waals surface area contributed by atoms with Crippen LogP contribution in [0.5, 0.6) is 0 Å². The Morgan fingerprint density at radius 2 is 2.06 bits per heavy atom. The molecule has 2 rings (SSSR count). The van der Waals surface area contributed by atoms with Crippen LogP contribution in [0, 0.1) is 5.41 Å². The van der Waals surface area contributed by atoms with Gasteiger partial charge in [0.05, 0.1) is 0 Å². The van der Waals surface area contributed by atoms with Gasteiger partial charge in [-0.15, -0.1) is 24.0 Å². The number of nitrogens with two attached hydrogens (primary N) is 1. The van der Waals surface area contributed by atoms with Crippen LogP contribution in [0.3, 0.4) is 0 Å². The number of guanidine groups is 1. The highest BCUT2D eigenvalue weighted by Crippen LogP contribution is 2.45. The van der Waals surface area contributed by atoms with E-state index in [1.807, 2.05) is 0 Å². The van der Waals surface area contributed by atoms with Crippen LogP contribution in [0.1, 0.15) is 51.9 Å². The summed E-state index contributed by atoms with van der Waals surface area (Å²) in [5.74, 6) is 0.755. The van der Waals surface area contributed by atoms with Crippen molar-refractivity contribution in [2.75, 3.05) is 13.6 Å². The third-order valence-electron chi connectivity index (χ3n) is 4.23. The highest BCUT2D eigenvalue weighted by atomic mass is 127. The lowest BCUT2D eigenvalue weighted by Gasteiger charge is -2.41. The molecule has 2 saturated carbocycles. The minimum absolute atomic E-state index is 0. The fraction of sp³-hybridized carbons (Fsp3) is 0.923. The van der Waals surface area contributed by atoms with Gasteiger partial charge in [-0.1, -0.05) is 19.8 Å². The lowest BCUT2D eigenvalue weighted by Crippen LogP contribution is -2.38. The first kappa shape index (κ1) is 15.1. The monoisotopic (exact) mass is 351 g/mol. The molecule has 2 aliphatic carbocycles.